The number of rotatable bonds is 4. The molecule has 0 bridgehead atoms. The first-order valence-corrected chi connectivity index (χ1v) is 2.89. The first-order chi connectivity index (χ1) is 4.22. The number of Topliss-reactive ketones (excluding diaryl/α,β-unsaturated/α-hetero) is 2. The highest BCUT2D eigenvalue weighted by Crippen LogP contribution is 1.89. The second-order valence-corrected chi connectivity index (χ2v) is 1.75. The molecule has 0 fully saturated rings. The Hall–Kier alpha value is -0.700. The Labute approximate surface area is 53.7 Å². The van der Waals surface area contributed by atoms with Crippen LogP contribution in [0.4, 0.5) is 0 Å². The van der Waals surface area contributed by atoms with E-state index in [1.807, 2.05) is 6.92 Å². The summed E-state index contributed by atoms with van der Waals surface area (Å²) in [6, 6.07) is 0. The van der Waals surface area contributed by atoms with Crippen molar-refractivity contribution in [1.29, 1.82) is 0 Å². The fraction of sp³-hybridized carbons (Fsp3) is 0.667. The summed E-state index contributed by atoms with van der Waals surface area (Å²) in [4.78, 5) is 20.8. The molecule has 0 aliphatic carbocycles. The van der Waals surface area contributed by atoms with Gasteiger partial charge in [0.15, 0.2) is 0 Å². The maximum atomic E-state index is 10.5. The molecule has 0 aromatic rings. The van der Waals surface area contributed by atoms with Gasteiger partial charge >= 0.3 is 0 Å². The summed E-state index contributed by atoms with van der Waals surface area (Å²) in [5.74, 6) is -1.16. The number of carbonyl (C=O) groups is 2. The van der Waals surface area contributed by atoms with Crippen LogP contribution in [-0.2, 0) is 9.59 Å². The van der Waals surface area contributed by atoms with Gasteiger partial charge < -0.3 is 5.11 Å². The molecule has 0 unspecified atom stereocenters. The van der Waals surface area contributed by atoms with Crippen LogP contribution in [0.1, 0.15) is 19.8 Å². The van der Waals surface area contributed by atoms with Gasteiger partial charge in [0.25, 0.3) is 0 Å². The molecule has 0 rings (SSSR count). The lowest BCUT2D eigenvalue weighted by atomic mass is 10.2. The smallest absolute Gasteiger partial charge is 0.223 e. The second kappa shape index (κ2) is 4.21. The Morgan fingerprint density at radius 3 is 2.22 bits per heavy atom. The van der Waals surface area contributed by atoms with Gasteiger partial charge in [0.2, 0.25) is 11.6 Å². The van der Waals surface area contributed by atoms with Crippen molar-refractivity contribution in [3.63, 3.8) is 0 Å². The van der Waals surface area contributed by atoms with E-state index in [-0.39, 0.29) is 6.42 Å². The Morgan fingerprint density at radius 1 is 1.33 bits per heavy atom. The van der Waals surface area contributed by atoms with Crippen LogP contribution in [0.5, 0.6) is 0 Å². The van der Waals surface area contributed by atoms with Gasteiger partial charge in [-0.05, 0) is 6.42 Å². The van der Waals surface area contributed by atoms with Gasteiger partial charge in [0.05, 0.1) is 0 Å². The van der Waals surface area contributed by atoms with Crippen LogP contribution in [0, 0.1) is 0 Å². The van der Waals surface area contributed by atoms with E-state index in [1.165, 1.54) is 0 Å². The molecule has 0 aliphatic rings. The monoisotopic (exact) mass is 130 g/mol. The molecular formula is C6H10O3. The highest BCUT2D eigenvalue weighted by Gasteiger charge is 2.09. The molecule has 3 heteroatoms. The highest BCUT2D eigenvalue weighted by atomic mass is 16.3. The van der Waals surface area contributed by atoms with Crippen LogP contribution in [0.2, 0.25) is 0 Å². The van der Waals surface area contributed by atoms with Crippen LogP contribution in [-0.4, -0.2) is 23.3 Å². The van der Waals surface area contributed by atoms with Crippen molar-refractivity contribution in [3.05, 3.63) is 0 Å². The molecule has 0 radical (unpaired) electrons. The lowest BCUT2D eigenvalue weighted by molar-refractivity contribution is -0.138. The Kier molecular flexibility index (Phi) is 3.88. The SMILES string of the molecule is CCCC(=O)C(=O)CO. The zero-order valence-electron chi connectivity index (χ0n) is 5.39. The van der Waals surface area contributed by atoms with Crippen molar-refractivity contribution in [2.75, 3.05) is 6.61 Å². The van der Waals surface area contributed by atoms with E-state index < -0.39 is 18.2 Å². The first kappa shape index (κ1) is 8.30. The Balaban J connectivity index is 3.60. The minimum absolute atomic E-state index is 0.249. The number of aliphatic hydroxyl groups excluding tert-OH is 1. The third-order valence-corrected chi connectivity index (χ3v) is 0.932. The van der Waals surface area contributed by atoms with Gasteiger partial charge in [-0.25, -0.2) is 0 Å². The maximum absolute atomic E-state index is 10.5. The van der Waals surface area contributed by atoms with Crippen LogP contribution in [0.15, 0.2) is 0 Å². The fourth-order valence-electron chi connectivity index (χ4n) is 0.455. The molecule has 0 aromatic heterocycles. The molecule has 0 heterocycles. The van der Waals surface area contributed by atoms with Crippen LogP contribution in [0.3, 0.4) is 0 Å². The Morgan fingerprint density at radius 2 is 1.89 bits per heavy atom. The molecule has 0 spiro atoms. The average Bonchev–Trinajstić information content (AvgIpc) is 1.87. The summed E-state index contributed by atoms with van der Waals surface area (Å²) >= 11 is 0. The molecule has 0 aromatic carbocycles. The molecular weight excluding hydrogens is 120 g/mol. The van der Waals surface area contributed by atoms with E-state index in [0.717, 1.165) is 0 Å². The molecule has 0 atom stereocenters. The van der Waals surface area contributed by atoms with Gasteiger partial charge in [-0.3, -0.25) is 9.59 Å². The summed E-state index contributed by atoms with van der Waals surface area (Å²) in [6.07, 6.45) is 0.907. The largest absolute Gasteiger partial charge is 0.388 e. The first-order valence-electron chi connectivity index (χ1n) is 2.89. The van der Waals surface area contributed by atoms with E-state index in [9.17, 15) is 9.59 Å². The van der Waals surface area contributed by atoms with Crippen LogP contribution in [0.25, 0.3) is 0 Å². The summed E-state index contributed by atoms with van der Waals surface area (Å²) in [5, 5.41) is 8.16. The fourth-order valence-corrected chi connectivity index (χ4v) is 0.455. The van der Waals surface area contributed by atoms with Crippen LogP contribution >= 0.6 is 0 Å². The lowest BCUT2D eigenvalue weighted by Crippen LogP contribution is -2.16. The van der Waals surface area contributed by atoms with E-state index in [2.05, 4.69) is 0 Å². The number of carbonyl (C=O) groups excluding carboxylic acids is 2. The summed E-state index contributed by atoms with van der Waals surface area (Å²) in [7, 11) is 0. The third kappa shape index (κ3) is 2.98. The molecule has 3 nitrogen and oxygen atoms in total. The number of hydrogen-bond donors (Lipinski definition) is 1. The molecule has 1 N–H and O–H groups in total. The van der Waals surface area contributed by atoms with Gasteiger partial charge in [0, 0.05) is 6.42 Å². The minimum atomic E-state index is -0.683. The topological polar surface area (TPSA) is 54.4 Å². The zero-order valence-corrected chi connectivity index (χ0v) is 5.39. The third-order valence-electron chi connectivity index (χ3n) is 0.932. The quantitative estimate of drug-likeness (QED) is 0.541. The van der Waals surface area contributed by atoms with Gasteiger partial charge in [0.1, 0.15) is 6.61 Å². The molecule has 0 saturated carbocycles. The summed E-state index contributed by atoms with van der Waals surface area (Å²) in [6.45, 7) is 1.15. The molecule has 9 heavy (non-hydrogen) atoms. The zero-order chi connectivity index (χ0) is 7.28. The second-order valence-electron chi connectivity index (χ2n) is 1.75. The van der Waals surface area contributed by atoms with Crippen molar-refractivity contribution < 1.29 is 14.7 Å². The normalized spacial score (nSPS) is 9.11. The maximum Gasteiger partial charge on any atom is 0.223 e. The predicted molar refractivity (Wildman–Crippen MR) is 32.0 cm³/mol. The van der Waals surface area contributed by atoms with Crippen molar-refractivity contribution in [1.82, 2.24) is 0 Å². The molecule has 0 aliphatic heterocycles. The van der Waals surface area contributed by atoms with Gasteiger partial charge in [-0.2, -0.15) is 0 Å². The molecule has 0 saturated heterocycles. The number of aliphatic hydroxyl groups is 1. The Bertz CT molecular complexity index is 117. The summed E-state index contributed by atoms with van der Waals surface area (Å²) < 4.78 is 0. The molecule has 0 amide bonds. The molecule has 52 valence electrons. The minimum Gasteiger partial charge on any atom is -0.388 e. The van der Waals surface area contributed by atoms with E-state index >= 15 is 0 Å². The highest BCUT2D eigenvalue weighted by molar-refractivity contribution is 6.37. The van der Waals surface area contributed by atoms with E-state index in [4.69, 9.17) is 5.11 Å². The number of ketones is 2. The lowest BCUT2D eigenvalue weighted by Gasteiger charge is -1.90. The standard InChI is InChI=1S/C6H10O3/c1-2-3-5(8)6(9)4-7/h7H,2-4H2,1H3. The van der Waals surface area contributed by atoms with Crippen molar-refractivity contribution in [3.8, 4) is 0 Å². The number of hydrogen-bond acceptors (Lipinski definition) is 3. The van der Waals surface area contributed by atoms with Crippen molar-refractivity contribution in [2.45, 2.75) is 19.8 Å². The van der Waals surface area contributed by atoms with E-state index in [0.29, 0.717) is 6.42 Å². The predicted octanol–water partition coefficient (Wildman–Crippen LogP) is -0.0830. The van der Waals surface area contributed by atoms with Crippen molar-refractivity contribution >= 4 is 11.6 Å². The summed E-state index contributed by atoms with van der Waals surface area (Å²) in [5.41, 5.74) is 0. The van der Waals surface area contributed by atoms with Gasteiger partial charge in [-0.15, -0.1) is 0 Å². The van der Waals surface area contributed by atoms with Crippen LogP contribution < -0.4 is 0 Å². The van der Waals surface area contributed by atoms with E-state index in [1.54, 1.807) is 0 Å². The van der Waals surface area contributed by atoms with Crippen molar-refractivity contribution in [2.24, 2.45) is 0 Å². The average molecular weight is 130 g/mol. The van der Waals surface area contributed by atoms with Gasteiger partial charge in [-0.1, -0.05) is 6.92 Å².